The molecular formula is C23H19F3N8O3. The molecule has 0 aliphatic rings. The molecule has 4 aromatic rings. The number of urea groups is 1. The topological polar surface area (TPSA) is 171 Å². The van der Waals surface area contributed by atoms with Gasteiger partial charge in [0.2, 0.25) is 5.95 Å². The number of carbonyl (C=O) groups is 3. The van der Waals surface area contributed by atoms with Crippen molar-refractivity contribution in [2.75, 3.05) is 16.0 Å². The quantitative estimate of drug-likeness (QED) is 0.221. The van der Waals surface area contributed by atoms with E-state index in [-0.39, 0.29) is 29.5 Å². The number of rotatable bonds is 7. The molecule has 2 aromatic heterocycles. The molecule has 0 bridgehead atoms. The molecule has 11 nitrogen and oxygen atoms in total. The van der Waals surface area contributed by atoms with Gasteiger partial charge in [0, 0.05) is 30.1 Å². The van der Waals surface area contributed by atoms with Crippen molar-refractivity contribution in [3.63, 3.8) is 0 Å². The Hall–Kier alpha value is -5.14. The third-order valence-electron chi connectivity index (χ3n) is 5.01. The highest BCUT2D eigenvalue weighted by Gasteiger charge is 2.30. The van der Waals surface area contributed by atoms with Crippen molar-refractivity contribution in [1.82, 2.24) is 19.9 Å². The summed E-state index contributed by atoms with van der Waals surface area (Å²) in [5, 5.41) is 7.35. The van der Waals surface area contributed by atoms with Crippen LogP contribution in [0.2, 0.25) is 0 Å². The van der Waals surface area contributed by atoms with Gasteiger partial charge < -0.3 is 21.0 Å². The molecule has 0 atom stereocenters. The molecule has 2 aromatic carbocycles. The highest BCUT2D eigenvalue weighted by molar-refractivity contribution is 6.04. The molecule has 37 heavy (non-hydrogen) atoms. The summed E-state index contributed by atoms with van der Waals surface area (Å²) in [5.41, 5.74) is 5.50. The highest BCUT2D eigenvalue weighted by atomic mass is 19.4. The molecule has 2 heterocycles. The van der Waals surface area contributed by atoms with Crippen LogP contribution >= 0.6 is 0 Å². The predicted molar refractivity (Wildman–Crippen MR) is 127 cm³/mol. The Bertz CT molecular complexity index is 1410. The molecule has 14 heteroatoms. The Balaban J connectivity index is 1.41. The minimum Gasteiger partial charge on any atom is -0.364 e. The number of aromatic nitrogens is 4. The number of H-pyrrole nitrogens is 2. The fraction of sp³-hybridized carbons (Fsp3) is 0.0870. The Morgan fingerprint density at radius 3 is 2.24 bits per heavy atom. The zero-order chi connectivity index (χ0) is 26.6. The summed E-state index contributed by atoms with van der Waals surface area (Å²) in [7, 11) is 0. The van der Waals surface area contributed by atoms with Crippen LogP contribution in [-0.2, 0) is 12.6 Å². The molecule has 0 fully saturated rings. The average Bonchev–Trinajstić information content (AvgIpc) is 3.49. The van der Waals surface area contributed by atoms with Gasteiger partial charge in [0.15, 0.2) is 5.69 Å². The monoisotopic (exact) mass is 512 g/mol. The number of aromatic amines is 2. The van der Waals surface area contributed by atoms with E-state index >= 15 is 0 Å². The third-order valence-corrected chi connectivity index (χ3v) is 5.01. The van der Waals surface area contributed by atoms with Crippen molar-refractivity contribution < 1.29 is 27.6 Å². The fourth-order valence-electron chi connectivity index (χ4n) is 3.27. The first-order valence-electron chi connectivity index (χ1n) is 10.6. The Morgan fingerprint density at radius 1 is 0.946 bits per heavy atom. The van der Waals surface area contributed by atoms with E-state index in [4.69, 9.17) is 5.73 Å². The highest BCUT2D eigenvalue weighted by Crippen LogP contribution is 2.29. The van der Waals surface area contributed by atoms with E-state index in [0.717, 1.165) is 29.8 Å². The first-order chi connectivity index (χ1) is 17.6. The van der Waals surface area contributed by atoms with E-state index in [2.05, 4.69) is 35.9 Å². The molecule has 4 amide bonds. The molecule has 4 rings (SSSR count). The smallest absolute Gasteiger partial charge is 0.364 e. The van der Waals surface area contributed by atoms with Crippen LogP contribution in [0.15, 0.2) is 60.9 Å². The standard InChI is InChI=1S/C23H19F3N8O3/c24-23(25,26)14-5-7-15(8-6-14)30-22(37)33-19-17(18(27)35)31-16(32-19)11-12-1-3-13(4-2-12)20(36)34-21-28-9-10-29-21/h1-10H,11H2,(H2,27,35)(H,31,32)(H2,30,33,37)(H2,28,29,34,36). The molecule has 0 radical (unpaired) electrons. The van der Waals surface area contributed by atoms with Crippen LogP contribution in [0.1, 0.15) is 37.8 Å². The molecule has 0 aliphatic carbocycles. The summed E-state index contributed by atoms with van der Waals surface area (Å²) in [4.78, 5) is 50.0. The van der Waals surface area contributed by atoms with Crippen molar-refractivity contribution in [3.8, 4) is 0 Å². The van der Waals surface area contributed by atoms with Gasteiger partial charge in [-0.15, -0.1) is 0 Å². The van der Waals surface area contributed by atoms with Crippen LogP contribution < -0.4 is 21.7 Å². The maximum Gasteiger partial charge on any atom is 0.416 e. The van der Waals surface area contributed by atoms with E-state index < -0.39 is 23.7 Å². The van der Waals surface area contributed by atoms with Crippen LogP contribution in [0.3, 0.4) is 0 Å². The van der Waals surface area contributed by atoms with E-state index in [0.29, 0.717) is 17.3 Å². The zero-order valence-corrected chi connectivity index (χ0v) is 18.8. The minimum atomic E-state index is -4.50. The number of halogens is 3. The summed E-state index contributed by atoms with van der Waals surface area (Å²) in [6.45, 7) is 0. The van der Waals surface area contributed by atoms with Gasteiger partial charge in [-0.3, -0.25) is 20.2 Å². The number of carbonyl (C=O) groups excluding carboxylic acids is 3. The summed E-state index contributed by atoms with van der Waals surface area (Å²) in [5.74, 6) is -0.739. The summed E-state index contributed by atoms with van der Waals surface area (Å²) in [6.07, 6.45) is -1.22. The molecule has 190 valence electrons. The number of alkyl halides is 3. The number of nitrogens with two attached hydrogens (primary N) is 1. The lowest BCUT2D eigenvalue weighted by molar-refractivity contribution is -0.137. The Kier molecular flexibility index (Phi) is 6.90. The number of nitrogens with one attached hydrogen (secondary N) is 5. The van der Waals surface area contributed by atoms with Gasteiger partial charge in [0.25, 0.3) is 11.8 Å². The largest absolute Gasteiger partial charge is 0.416 e. The number of amides is 4. The van der Waals surface area contributed by atoms with Gasteiger partial charge in [-0.05, 0) is 42.0 Å². The predicted octanol–water partition coefficient (Wildman–Crippen LogP) is 3.74. The van der Waals surface area contributed by atoms with Crippen LogP contribution in [0.25, 0.3) is 0 Å². The lowest BCUT2D eigenvalue weighted by Crippen LogP contribution is -2.22. The summed E-state index contributed by atoms with van der Waals surface area (Å²) >= 11 is 0. The van der Waals surface area contributed by atoms with Crippen molar-refractivity contribution in [3.05, 3.63) is 89.1 Å². The molecule has 7 N–H and O–H groups in total. The van der Waals surface area contributed by atoms with Gasteiger partial charge in [-0.1, -0.05) is 12.1 Å². The number of primary amides is 1. The number of nitrogens with zero attached hydrogens (tertiary/aromatic N) is 2. The summed E-state index contributed by atoms with van der Waals surface area (Å²) in [6, 6.07) is 9.58. The van der Waals surface area contributed by atoms with Gasteiger partial charge >= 0.3 is 12.2 Å². The second-order valence-corrected chi connectivity index (χ2v) is 7.69. The first kappa shape index (κ1) is 25.0. The van der Waals surface area contributed by atoms with Gasteiger partial charge in [0.1, 0.15) is 11.6 Å². The molecule has 0 unspecified atom stereocenters. The van der Waals surface area contributed by atoms with Crippen molar-refractivity contribution in [2.24, 2.45) is 5.73 Å². The van der Waals surface area contributed by atoms with Crippen LogP contribution in [0, 0.1) is 0 Å². The Morgan fingerprint density at radius 2 is 1.65 bits per heavy atom. The second kappa shape index (κ2) is 10.2. The number of hydrogen-bond donors (Lipinski definition) is 6. The van der Waals surface area contributed by atoms with E-state index in [1.54, 1.807) is 30.5 Å². The molecule has 0 aliphatic heterocycles. The fourth-order valence-corrected chi connectivity index (χ4v) is 3.27. The lowest BCUT2D eigenvalue weighted by Gasteiger charge is -2.09. The normalized spacial score (nSPS) is 11.1. The van der Waals surface area contributed by atoms with Gasteiger partial charge in [-0.25, -0.2) is 14.8 Å². The van der Waals surface area contributed by atoms with Crippen LogP contribution in [0.5, 0.6) is 0 Å². The van der Waals surface area contributed by atoms with Gasteiger partial charge in [0.05, 0.1) is 5.56 Å². The van der Waals surface area contributed by atoms with Crippen molar-refractivity contribution in [1.29, 1.82) is 0 Å². The van der Waals surface area contributed by atoms with Gasteiger partial charge in [-0.2, -0.15) is 13.2 Å². The number of imidazole rings is 2. The Labute approximate surface area is 206 Å². The minimum absolute atomic E-state index is 0.0821. The van der Waals surface area contributed by atoms with E-state index in [9.17, 15) is 27.6 Å². The molecular weight excluding hydrogens is 493 g/mol. The summed E-state index contributed by atoms with van der Waals surface area (Å²) < 4.78 is 38.1. The van der Waals surface area contributed by atoms with Crippen LogP contribution in [0.4, 0.5) is 35.4 Å². The molecule has 0 saturated heterocycles. The maximum atomic E-state index is 12.7. The van der Waals surface area contributed by atoms with E-state index in [1.807, 2.05) is 0 Å². The van der Waals surface area contributed by atoms with Crippen molar-refractivity contribution >= 4 is 35.3 Å². The first-order valence-corrected chi connectivity index (χ1v) is 10.6. The SMILES string of the molecule is NC(=O)c1nc(Cc2ccc(C(=O)Nc3ncc[nH]3)cc2)[nH]c1NC(=O)Nc1ccc(C(F)(F)F)cc1. The third kappa shape index (κ3) is 6.30. The second-order valence-electron chi connectivity index (χ2n) is 7.69. The molecule has 0 saturated carbocycles. The number of benzene rings is 2. The average molecular weight is 512 g/mol. The molecule has 0 spiro atoms. The van der Waals surface area contributed by atoms with Crippen molar-refractivity contribution in [2.45, 2.75) is 12.6 Å². The van der Waals surface area contributed by atoms with E-state index in [1.165, 1.54) is 6.20 Å². The lowest BCUT2D eigenvalue weighted by atomic mass is 10.1. The van der Waals surface area contributed by atoms with Crippen LogP contribution in [-0.4, -0.2) is 37.8 Å². The number of anilines is 3. The zero-order valence-electron chi connectivity index (χ0n) is 18.8. The maximum absolute atomic E-state index is 12.7. The number of hydrogen-bond acceptors (Lipinski definition) is 5.